The second-order valence-electron chi connectivity index (χ2n) is 5.20. The fraction of sp³-hybridized carbons (Fsp3) is 0.250. The van der Waals surface area contributed by atoms with E-state index in [-0.39, 0.29) is 4.90 Å². The lowest BCUT2D eigenvalue weighted by Gasteiger charge is -2.13. The smallest absolute Gasteiger partial charge is 0.262 e. The van der Waals surface area contributed by atoms with E-state index >= 15 is 0 Å². The summed E-state index contributed by atoms with van der Waals surface area (Å²) in [5.74, 6) is 0. The fourth-order valence-corrected chi connectivity index (χ4v) is 3.74. The molecular formula is C16H20N2O2S. The summed E-state index contributed by atoms with van der Waals surface area (Å²) < 4.78 is 27.8. The molecule has 0 atom stereocenters. The summed E-state index contributed by atoms with van der Waals surface area (Å²) in [4.78, 5) is 0.240. The summed E-state index contributed by atoms with van der Waals surface area (Å²) in [6, 6.07) is 10.6. The maximum atomic E-state index is 12.6. The van der Waals surface area contributed by atoms with Crippen LogP contribution in [-0.4, -0.2) is 8.42 Å². The molecule has 0 spiro atoms. The summed E-state index contributed by atoms with van der Waals surface area (Å²) >= 11 is 0. The van der Waals surface area contributed by atoms with Gasteiger partial charge in [-0.1, -0.05) is 19.1 Å². The van der Waals surface area contributed by atoms with Crippen molar-refractivity contribution in [2.75, 3.05) is 10.5 Å². The molecule has 0 heterocycles. The number of nitrogen functional groups attached to an aromatic ring is 1. The molecule has 2 aromatic carbocycles. The van der Waals surface area contributed by atoms with Gasteiger partial charge in [0.25, 0.3) is 10.0 Å². The molecule has 0 unspecified atom stereocenters. The van der Waals surface area contributed by atoms with Crippen LogP contribution in [0.1, 0.15) is 23.6 Å². The monoisotopic (exact) mass is 304 g/mol. The Morgan fingerprint density at radius 3 is 2.24 bits per heavy atom. The second-order valence-corrected chi connectivity index (χ2v) is 6.85. The lowest BCUT2D eigenvalue weighted by molar-refractivity contribution is 0.600. The first-order chi connectivity index (χ1) is 9.81. The highest BCUT2D eigenvalue weighted by molar-refractivity contribution is 7.92. The van der Waals surface area contributed by atoms with E-state index in [0.29, 0.717) is 17.8 Å². The summed E-state index contributed by atoms with van der Waals surface area (Å²) in [7, 11) is -3.64. The molecule has 112 valence electrons. The Kier molecular flexibility index (Phi) is 4.23. The molecule has 0 aliphatic heterocycles. The zero-order chi connectivity index (χ0) is 15.6. The van der Waals surface area contributed by atoms with Gasteiger partial charge in [-0.3, -0.25) is 4.72 Å². The third-order valence-corrected chi connectivity index (χ3v) is 4.70. The molecule has 2 aromatic rings. The molecule has 0 amide bonds. The van der Waals surface area contributed by atoms with Gasteiger partial charge in [-0.2, -0.15) is 0 Å². The van der Waals surface area contributed by atoms with E-state index in [1.807, 2.05) is 39.0 Å². The number of nitrogens with two attached hydrogens (primary N) is 1. The van der Waals surface area contributed by atoms with Crippen molar-refractivity contribution in [3.63, 3.8) is 0 Å². The SMILES string of the molecule is CCc1ccc(N)cc1S(=O)(=O)Nc1cc(C)cc(C)c1. The van der Waals surface area contributed by atoms with Crippen molar-refractivity contribution >= 4 is 21.4 Å². The Bertz CT molecular complexity index is 748. The summed E-state index contributed by atoms with van der Waals surface area (Å²) in [5, 5.41) is 0. The molecule has 4 nitrogen and oxygen atoms in total. The van der Waals surface area contributed by atoms with Gasteiger partial charge in [0, 0.05) is 11.4 Å². The first-order valence-corrected chi connectivity index (χ1v) is 8.29. The van der Waals surface area contributed by atoms with E-state index in [9.17, 15) is 8.42 Å². The Morgan fingerprint density at radius 1 is 1.05 bits per heavy atom. The maximum absolute atomic E-state index is 12.6. The lowest BCUT2D eigenvalue weighted by Crippen LogP contribution is -2.15. The summed E-state index contributed by atoms with van der Waals surface area (Å²) in [5.41, 5.74) is 9.50. The van der Waals surface area contributed by atoms with Crippen LogP contribution in [0.2, 0.25) is 0 Å². The Hall–Kier alpha value is -2.01. The molecule has 0 aliphatic rings. The molecule has 0 bridgehead atoms. The normalized spacial score (nSPS) is 11.4. The van der Waals surface area contributed by atoms with Crippen molar-refractivity contribution in [1.29, 1.82) is 0 Å². The number of hydrogen-bond acceptors (Lipinski definition) is 3. The Labute approximate surface area is 126 Å². The van der Waals surface area contributed by atoms with Crippen molar-refractivity contribution in [3.05, 3.63) is 53.1 Å². The van der Waals surface area contributed by atoms with E-state index in [1.54, 1.807) is 12.1 Å². The van der Waals surface area contributed by atoms with Gasteiger partial charge in [-0.25, -0.2) is 8.42 Å². The topological polar surface area (TPSA) is 72.2 Å². The number of hydrogen-bond donors (Lipinski definition) is 2. The molecule has 3 N–H and O–H groups in total. The van der Waals surface area contributed by atoms with Gasteiger partial charge in [0.05, 0.1) is 4.90 Å². The molecule has 0 fully saturated rings. The van der Waals surface area contributed by atoms with Crippen molar-refractivity contribution in [2.24, 2.45) is 0 Å². The molecule has 0 aromatic heterocycles. The first kappa shape index (κ1) is 15.4. The van der Waals surface area contributed by atoms with Crippen LogP contribution in [-0.2, 0) is 16.4 Å². The van der Waals surface area contributed by atoms with Gasteiger partial charge in [-0.15, -0.1) is 0 Å². The van der Waals surface area contributed by atoms with E-state index < -0.39 is 10.0 Å². The van der Waals surface area contributed by atoms with Gasteiger partial charge in [0.15, 0.2) is 0 Å². The van der Waals surface area contributed by atoms with Gasteiger partial charge in [0.1, 0.15) is 0 Å². The minimum atomic E-state index is -3.64. The van der Waals surface area contributed by atoms with Crippen LogP contribution in [0.25, 0.3) is 0 Å². The van der Waals surface area contributed by atoms with Gasteiger partial charge < -0.3 is 5.73 Å². The third-order valence-electron chi connectivity index (χ3n) is 3.24. The zero-order valence-corrected chi connectivity index (χ0v) is 13.3. The minimum Gasteiger partial charge on any atom is -0.399 e. The van der Waals surface area contributed by atoms with Gasteiger partial charge in [0.2, 0.25) is 0 Å². The number of aryl methyl sites for hydroxylation is 3. The lowest BCUT2D eigenvalue weighted by atomic mass is 10.1. The van der Waals surface area contributed by atoms with E-state index in [0.717, 1.165) is 16.7 Å². The molecule has 0 aliphatic carbocycles. The number of benzene rings is 2. The van der Waals surface area contributed by atoms with Crippen molar-refractivity contribution in [1.82, 2.24) is 0 Å². The zero-order valence-electron chi connectivity index (χ0n) is 12.5. The van der Waals surface area contributed by atoms with E-state index in [1.165, 1.54) is 6.07 Å². The standard InChI is InChI=1S/C16H20N2O2S/c1-4-13-5-6-14(17)10-16(13)21(19,20)18-15-8-11(2)7-12(3)9-15/h5-10,18H,4,17H2,1-3H3. The van der Waals surface area contributed by atoms with Crippen LogP contribution in [0.3, 0.4) is 0 Å². The Balaban J connectivity index is 2.45. The molecular weight excluding hydrogens is 284 g/mol. The number of anilines is 2. The van der Waals surface area contributed by atoms with Crippen LogP contribution >= 0.6 is 0 Å². The first-order valence-electron chi connectivity index (χ1n) is 6.81. The summed E-state index contributed by atoms with van der Waals surface area (Å²) in [6.07, 6.45) is 0.628. The molecule has 21 heavy (non-hydrogen) atoms. The summed E-state index contributed by atoms with van der Waals surface area (Å²) in [6.45, 7) is 5.78. The maximum Gasteiger partial charge on any atom is 0.262 e. The fourth-order valence-electron chi connectivity index (χ4n) is 2.36. The molecule has 2 rings (SSSR count). The van der Waals surface area contributed by atoms with Crippen LogP contribution in [0.5, 0.6) is 0 Å². The van der Waals surface area contributed by atoms with E-state index in [4.69, 9.17) is 5.73 Å². The van der Waals surface area contributed by atoms with E-state index in [2.05, 4.69) is 4.72 Å². The second kappa shape index (κ2) is 5.77. The predicted octanol–water partition coefficient (Wildman–Crippen LogP) is 3.25. The minimum absolute atomic E-state index is 0.240. The number of sulfonamides is 1. The van der Waals surface area contributed by atoms with Crippen molar-refractivity contribution in [3.8, 4) is 0 Å². The predicted molar refractivity (Wildman–Crippen MR) is 87.0 cm³/mol. The van der Waals surface area contributed by atoms with Gasteiger partial charge >= 0.3 is 0 Å². The third kappa shape index (κ3) is 3.55. The average molecular weight is 304 g/mol. The highest BCUT2D eigenvalue weighted by Gasteiger charge is 2.18. The molecule has 0 radical (unpaired) electrons. The largest absolute Gasteiger partial charge is 0.399 e. The quantitative estimate of drug-likeness (QED) is 0.852. The van der Waals surface area contributed by atoms with Crippen LogP contribution < -0.4 is 10.5 Å². The number of rotatable bonds is 4. The highest BCUT2D eigenvalue weighted by atomic mass is 32.2. The van der Waals surface area contributed by atoms with Crippen molar-refractivity contribution in [2.45, 2.75) is 32.1 Å². The average Bonchev–Trinajstić information content (AvgIpc) is 2.36. The highest BCUT2D eigenvalue weighted by Crippen LogP contribution is 2.23. The van der Waals surface area contributed by atoms with Crippen molar-refractivity contribution < 1.29 is 8.42 Å². The number of nitrogens with one attached hydrogen (secondary N) is 1. The van der Waals surface area contributed by atoms with Crippen LogP contribution in [0.15, 0.2) is 41.3 Å². The Morgan fingerprint density at radius 2 is 1.67 bits per heavy atom. The molecule has 0 saturated heterocycles. The van der Waals surface area contributed by atoms with Crippen LogP contribution in [0.4, 0.5) is 11.4 Å². The molecule has 0 saturated carbocycles. The van der Waals surface area contributed by atoms with Crippen LogP contribution in [0, 0.1) is 13.8 Å². The molecule has 5 heteroatoms. The van der Waals surface area contributed by atoms with Gasteiger partial charge in [-0.05, 0) is 61.2 Å².